The largest absolute Gasteiger partial charge is 0.492 e. The summed E-state index contributed by atoms with van der Waals surface area (Å²) in [6.07, 6.45) is 1.76. The van der Waals surface area contributed by atoms with Gasteiger partial charge < -0.3 is 4.74 Å². The van der Waals surface area contributed by atoms with Crippen LogP contribution in [0.4, 0.5) is 0 Å². The first kappa shape index (κ1) is 8.53. The fraction of sp³-hybridized carbons (Fsp3) is 0.375. The Bertz CT molecular complexity index is 227. The van der Waals surface area contributed by atoms with Crippen molar-refractivity contribution in [2.24, 2.45) is 0 Å². The van der Waals surface area contributed by atoms with Gasteiger partial charge in [-0.1, -0.05) is 15.9 Å². The molecule has 1 heterocycles. The van der Waals surface area contributed by atoms with Crippen LogP contribution in [-0.4, -0.2) is 11.6 Å². The molecule has 0 spiro atoms. The van der Waals surface area contributed by atoms with Crippen LogP contribution in [-0.2, 0) is 5.33 Å². The fourth-order valence-corrected chi connectivity index (χ4v) is 1.23. The van der Waals surface area contributed by atoms with E-state index >= 15 is 0 Å². The van der Waals surface area contributed by atoms with Gasteiger partial charge in [0.2, 0.25) is 0 Å². The van der Waals surface area contributed by atoms with Gasteiger partial charge in [-0.3, -0.25) is 4.98 Å². The monoisotopic (exact) mass is 215 g/mol. The predicted octanol–water partition coefficient (Wildman–Crippen LogP) is 2.38. The first-order chi connectivity index (χ1) is 5.38. The zero-order chi connectivity index (χ0) is 8.10. The molecule has 2 nitrogen and oxygen atoms in total. The summed E-state index contributed by atoms with van der Waals surface area (Å²) in [5.41, 5.74) is 0.953. The number of rotatable bonds is 3. The molecule has 0 aliphatic rings. The van der Waals surface area contributed by atoms with Crippen LogP contribution >= 0.6 is 15.9 Å². The van der Waals surface area contributed by atoms with Gasteiger partial charge in [-0.05, 0) is 19.1 Å². The molecule has 0 bridgehead atoms. The lowest BCUT2D eigenvalue weighted by Gasteiger charge is -2.05. The van der Waals surface area contributed by atoms with E-state index in [2.05, 4.69) is 20.9 Å². The molecule has 1 aromatic rings. The number of pyridine rings is 1. The molecule has 0 aliphatic heterocycles. The Labute approximate surface area is 74.7 Å². The maximum absolute atomic E-state index is 5.34. The van der Waals surface area contributed by atoms with Crippen molar-refractivity contribution in [1.29, 1.82) is 0 Å². The summed E-state index contributed by atoms with van der Waals surface area (Å²) in [5.74, 6) is 0.867. The Hall–Kier alpha value is -0.570. The highest BCUT2D eigenvalue weighted by Crippen LogP contribution is 2.17. The smallest absolute Gasteiger partial charge is 0.141 e. The maximum atomic E-state index is 5.34. The standard InChI is InChI=1S/C8H10BrNO/c1-2-11-8-4-3-5-10-7(8)6-9/h3-5H,2,6H2,1H3. The summed E-state index contributed by atoms with van der Waals surface area (Å²) in [6, 6.07) is 3.80. The van der Waals surface area contributed by atoms with E-state index in [4.69, 9.17) is 4.74 Å². The van der Waals surface area contributed by atoms with Crippen LogP contribution < -0.4 is 4.74 Å². The predicted molar refractivity (Wildman–Crippen MR) is 48.0 cm³/mol. The van der Waals surface area contributed by atoms with Gasteiger partial charge in [0.15, 0.2) is 0 Å². The molecule has 1 aromatic heterocycles. The van der Waals surface area contributed by atoms with Crippen molar-refractivity contribution in [3.63, 3.8) is 0 Å². The molecule has 0 radical (unpaired) electrons. The van der Waals surface area contributed by atoms with Crippen molar-refractivity contribution in [1.82, 2.24) is 4.98 Å². The zero-order valence-corrected chi connectivity index (χ0v) is 7.97. The number of hydrogen-bond donors (Lipinski definition) is 0. The summed E-state index contributed by atoms with van der Waals surface area (Å²) in [4.78, 5) is 4.14. The molecule has 0 atom stereocenters. The minimum absolute atomic E-state index is 0.686. The van der Waals surface area contributed by atoms with E-state index in [9.17, 15) is 0 Å². The van der Waals surface area contributed by atoms with Crippen molar-refractivity contribution in [2.75, 3.05) is 6.61 Å². The van der Waals surface area contributed by atoms with E-state index < -0.39 is 0 Å². The van der Waals surface area contributed by atoms with E-state index in [-0.39, 0.29) is 0 Å². The lowest BCUT2D eigenvalue weighted by molar-refractivity contribution is 0.336. The van der Waals surface area contributed by atoms with E-state index in [0.29, 0.717) is 6.61 Å². The van der Waals surface area contributed by atoms with E-state index in [1.165, 1.54) is 0 Å². The van der Waals surface area contributed by atoms with E-state index in [1.807, 2.05) is 19.1 Å². The molecule has 0 amide bonds. The maximum Gasteiger partial charge on any atom is 0.141 e. The van der Waals surface area contributed by atoms with Crippen molar-refractivity contribution in [2.45, 2.75) is 12.3 Å². The van der Waals surface area contributed by atoms with Crippen molar-refractivity contribution < 1.29 is 4.74 Å². The highest BCUT2D eigenvalue weighted by molar-refractivity contribution is 9.08. The zero-order valence-electron chi connectivity index (χ0n) is 6.38. The third-order valence-corrected chi connectivity index (χ3v) is 1.81. The Morgan fingerprint density at radius 3 is 3.09 bits per heavy atom. The van der Waals surface area contributed by atoms with Gasteiger partial charge in [-0.25, -0.2) is 0 Å². The van der Waals surface area contributed by atoms with Gasteiger partial charge in [0.1, 0.15) is 5.75 Å². The van der Waals surface area contributed by atoms with Gasteiger partial charge in [-0.15, -0.1) is 0 Å². The van der Waals surface area contributed by atoms with Crippen LogP contribution in [0.1, 0.15) is 12.6 Å². The Kier molecular flexibility index (Phi) is 3.36. The van der Waals surface area contributed by atoms with Crippen LogP contribution in [0.2, 0.25) is 0 Å². The second-order valence-corrected chi connectivity index (χ2v) is 2.58. The summed E-state index contributed by atoms with van der Waals surface area (Å²) in [5, 5.41) is 0.739. The van der Waals surface area contributed by atoms with Crippen LogP contribution in [0.25, 0.3) is 0 Å². The lowest BCUT2D eigenvalue weighted by Crippen LogP contribution is -1.96. The minimum atomic E-state index is 0.686. The summed E-state index contributed by atoms with van der Waals surface area (Å²) >= 11 is 3.34. The topological polar surface area (TPSA) is 22.1 Å². The summed E-state index contributed by atoms with van der Waals surface area (Å²) in [7, 11) is 0. The molecule has 0 saturated carbocycles. The highest BCUT2D eigenvalue weighted by atomic mass is 79.9. The number of ether oxygens (including phenoxy) is 1. The number of halogens is 1. The fourth-order valence-electron chi connectivity index (χ4n) is 0.811. The number of hydrogen-bond acceptors (Lipinski definition) is 2. The SMILES string of the molecule is CCOc1cccnc1CBr. The first-order valence-electron chi connectivity index (χ1n) is 3.51. The molecule has 0 N–H and O–H groups in total. The summed E-state index contributed by atoms with van der Waals surface area (Å²) in [6.45, 7) is 2.65. The van der Waals surface area contributed by atoms with Gasteiger partial charge in [-0.2, -0.15) is 0 Å². The Morgan fingerprint density at radius 1 is 1.64 bits per heavy atom. The van der Waals surface area contributed by atoms with E-state index in [1.54, 1.807) is 6.20 Å². The molecular formula is C8H10BrNO. The van der Waals surface area contributed by atoms with Crippen LogP contribution in [0.15, 0.2) is 18.3 Å². The number of nitrogens with zero attached hydrogens (tertiary/aromatic N) is 1. The number of aromatic nitrogens is 1. The number of alkyl halides is 1. The molecule has 0 aromatic carbocycles. The average Bonchev–Trinajstić information content (AvgIpc) is 2.06. The van der Waals surface area contributed by atoms with Crippen molar-refractivity contribution in [3.8, 4) is 5.75 Å². The van der Waals surface area contributed by atoms with Crippen molar-refractivity contribution >= 4 is 15.9 Å². The minimum Gasteiger partial charge on any atom is -0.492 e. The quantitative estimate of drug-likeness (QED) is 0.723. The van der Waals surface area contributed by atoms with Crippen LogP contribution in [0, 0.1) is 0 Å². The molecule has 0 unspecified atom stereocenters. The molecule has 60 valence electrons. The molecule has 0 aliphatic carbocycles. The van der Waals surface area contributed by atoms with Gasteiger partial charge in [0.05, 0.1) is 12.3 Å². The third kappa shape index (κ3) is 2.19. The van der Waals surface area contributed by atoms with E-state index in [0.717, 1.165) is 16.8 Å². The highest BCUT2D eigenvalue weighted by Gasteiger charge is 1.99. The van der Waals surface area contributed by atoms with Crippen LogP contribution in [0.5, 0.6) is 5.75 Å². The molecule has 0 fully saturated rings. The molecule has 0 saturated heterocycles. The van der Waals surface area contributed by atoms with Crippen LogP contribution in [0.3, 0.4) is 0 Å². The van der Waals surface area contributed by atoms with Gasteiger partial charge >= 0.3 is 0 Å². The van der Waals surface area contributed by atoms with Gasteiger partial charge in [0.25, 0.3) is 0 Å². The lowest BCUT2D eigenvalue weighted by atomic mass is 10.3. The molecule has 1 rings (SSSR count). The third-order valence-electron chi connectivity index (χ3n) is 1.27. The molecular weight excluding hydrogens is 206 g/mol. The summed E-state index contributed by atoms with van der Waals surface area (Å²) < 4.78 is 5.34. The second-order valence-electron chi connectivity index (χ2n) is 2.01. The Morgan fingerprint density at radius 2 is 2.45 bits per heavy atom. The normalized spacial score (nSPS) is 9.64. The first-order valence-corrected chi connectivity index (χ1v) is 4.63. The average molecular weight is 216 g/mol. The van der Waals surface area contributed by atoms with Crippen molar-refractivity contribution in [3.05, 3.63) is 24.0 Å². The second kappa shape index (κ2) is 4.34. The molecule has 3 heteroatoms. The van der Waals surface area contributed by atoms with Gasteiger partial charge in [0, 0.05) is 11.5 Å². The Balaban J connectivity index is 2.83. The molecule has 11 heavy (non-hydrogen) atoms.